The molecule has 0 aliphatic carbocycles. The van der Waals surface area contributed by atoms with Gasteiger partial charge in [0, 0.05) is 12.1 Å². The topological polar surface area (TPSA) is 18.5 Å². The summed E-state index contributed by atoms with van der Waals surface area (Å²) in [6.45, 7) is 5.00. The molecule has 100 valence electrons. The second-order valence-corrected chi connectivity index (χ2v) is 5.88. The molecule has 3 heteroatoms. The van der Waals surface area contributed by atoms with Crippen LogP contribution in [-0.4, -0.2) is 62.2 Å². The first-order valence-corrected chi connectivity index (χ1v) is 7.38. The molecule has 0 saturated carbocycles. The van der Waals surface area contributed by atoms with E-state index in [0.717, 1.165) is 12.1 Å². The Kier molecular flexibility index (Phi) is 5.26. The Morgan fingerprint density at radius 2 is 1.94 bits per heavy atom. The zero-order valence-electron chi connectivity index (χ0n) is 11.6. The van der Waals surface area contributed by atoms with Crippen LogP contribution >= 0.6 is 0 Å². The number of likely N-dealkylation sites (tertiary alicyclic amines) is 1. The highest BCUT2D eigenvalue weighted by molar-refractivity contribution is 4.79. The van der Waals surface area contributed by atoms with E-state index in [9.17, 15) is 0 Å². The Bertz CT molecular complexity index is 214. The molecule has 0 radical (unpaired) electrons. The normalized spacial score (nSPS) is 28.8. The van der Waals surface area contributed by atoms with Gasteiger partial charge in [-0.2, -0.15) is 0 Å². The fourth-order valence-electron chi connectivity index (χ4n) is 3.29. The average molecular weight is 239 g/mol. The van der Waals surface area contributed by atoms with Crippen molar-refractivity contribution in [1.29, 1.82) is 0 Å². The highest BCUT2D eigenvalue weighted by atomic mass is 15.2. The first kappa shape index (κ1) is 13.3. The van der Waals surface area contributed by atoms with Crippen molar-refractivity contribution in [2.45, 2.75) is 50.6 Å². The van der Waals surface area contributed by atoms with Gasteiger partial charge in [0.05, 0.1) is 0 Å². The predicted octanol–water partition coefficient (Wildman–Crippen LogP) is 1.54. The molecule has 0 spiro atoms. The molecule has 2 saturated heterocycles. The molecule has 3 nitrogen and oxygen atoms in total. The molecule has 0 bridgehead atoms. The Balaban J connectivity index is 1.69. The summed E-state index contributed by atoms with van der Waals surface area (Å²) < 4.78 is 0. The van der Waals surface area contributed by atoms with Crippen LogP contribution in [0.15, 0.2) is 0 Å². The van der Waals surface area contributed by atoms with Gasteiger partial charge in [-0.25, -0.2) is 0 Å². The predicted molar refractivity (Wildman–Crippen MR) is 73.4 cm³/mol. The van der Waals surface area contributed by atoms with E-state index in [1.54, 1.807) is 0 Å². The maximum atomic E-state index is 3.45. The molecule has 1 N–H and O–H groups in total. The summed E-state index contributed by atoms with van der Waals surface area (Å²) in [6, 6.07) is 1.66. The van der Waals surface area contributed by atoms with Gasteiger partial charge in [-0.05, 0) is 72.4 Å². The van der Waals surface area contributed by atoms with Crippen LogP contribution in [0.3, 0.4) is 0 Å². The highest BCUT2D eigenvalue weighted by Gasteiger charge is 2.21. The average Bonchev–Trinajstić information content (AvgIpc) is 2.38. The van der Waals surface area contributed by atoms with E-state index in [1.807, 2.05) is 0 Å². The molecule has 2 aliphatic rings. The number of piperidine rings is 2. The molecule has 0 aromatic rings. The van der Waals surface area contributed by atoms with Crippen molar-refractivity contribution in [3.63, 3.8) is 0 Å². The van der Waals surface area contributed by atoms with Crippen LogP contribution in [0.25, 0.3) is 0 Å². The molecule has 2 heterocycles. The minimum atomic E-state index is 0.824. The summed E-state index contributed by atoms with van der Waals surface area (Å²) in [5, 5.41) is 3.45. The minimum absolute atomic E-state index is 0.824. The second kappa shape index (κ2) is 6.72. The van der Waals surface area contributed by atoms with Crippen molar-refractivity contribution in [2.24, 2.45) is 0 Å². The van der Waals surface area contributed by atoms with Gasteiger partial charge in [0.2, 0.25) is 0 Å². The number of nitrogens with one attached hydrogen (secondary N) is 1. The van der Waals surface area contributed by atoms with E-state index in [4.69, 9.17) is 0 Å². The maximum absolute atomic E-state index is 3.45. The van der Waals surface area contributed by atoms with Gasteiger partial charge in [-0.15, -0.1) is 0 Å². The Morgan fingerprint density at radius 3 is 2.65 bits per heavy atom. The second-order valence-electron chi connectivity index (χ2n) is 5.88. The standard InChI is InChI=1S/C14H29N3/c1-16-11-4-3-5-13(16)8-12-17(2)14-6-9-15-10-7-14/h13-15H,3-12H2,1-2H3. The van der Waals surface area contributed by atoms with Gasteiger partial charge in [-0.3, -0.25) is 0 Å². The Morgan fingerprint density at radius 1 is 1.18 bits per heavy atom. The summed E-state index contributed by atoms with van der Waals surface area (Å²) in [5.74, 6) is 0. The molecule has 1 atom stereocenters. The fourth-order valence-corrected chi connectivity index (χ4v) is 3.29. The van der Waals surface area contributed by atoms with E-state index in [0.29, 0.717) is 0 Å². The summed E-state index contributed by atoms with van der Waals surface area (Å²) in [5.41, 5.74) is 0. The lowest BCUT2D eigenvalue weighted by Crippen LogP contribution is -2.44. The Hall–Kier alpha value is -0.120. The molecule has 1 unspecified atom stereocenters. The number of nitrogens with zero attached hydrogens (tertiary/aromatic N) is 2. The molecular formula is C14H29N3. The van der Waals surface area contributed by atoms with Crippen molar-refractivity contribution in [1.82, 2.24) is 15.1 Å². The molecule has 0 aromatic heterocycles. The van der Waals surface area contributed by atoms with Crippen molar-refractivity contribution in [3.05, 3.63) is 0 Å². The van der Waals surface area contributed by atoms with Crippen LogP contribution in [0, 0.1) is 0 Å². The van der Waals surface area contributed by atoms with Crippen molar-refractivity contribution >= 4 is 0 Å². The lowest BCUT2D eigenvalue weighted by Gasteiger charge is -2.36. The third kappa shape index (κ3) is 3.94. The lowest BCUT2D eigenvalue weighted by molar-refractivity contribution is 0.138. The number of hydrogen-bond acceptors (Lipinski definition) is 3. The van der Waals surface area contributed by atoms with Gasteiger partial charge in [-0.1, -0.05) is 6.42 Å². The van der Waals surface area contributed by atoms with E-state index < -0.39 is 0 Å². The van der Waals surface area contributed by atoms with Crippen LogP contribution in [0.4, 0.5) is 0 Å². The third-order valence-electron chi connectivity index (χ3n) is 4.67. The van der Waals surface area contributed by atoms with Gasteiger partial charge in [0.1, 0.15) is 0 Å². The van der Waals surface area contributed by atoms with E-state index in [1.165, 1.54) is 64.7 Å². The van der Waals surface area contributed by atoms with Crippen molar-refractivity contribution in [2.75, 3.05) is 40.3 Å². The molecule has 2 fully saturated rings. The zero-order valence-corrected chi connectivity index (χ0v) is 11.6. The quantitative estimate of drug-likeness (QED) is 0.803. The Labute approximate surface area is 107 Å². The van der Waals surface area contributed by atoms with Gasteiger partial charge in [0.25, 0.3) is 0 Å². The molecular weight excluding hydrogens is 210 g/mol. The largest absolute Gasteiger partial charge is 0.317 e. The number of hydrogen-bond donors (Lipinski definition) is 1. The van der Waals surface area contributed by atoms with E-state index >= 15 is 0 Å². The van der Waals surface area contributed by atoms with Gasteiger partial charge in [0.15, 0.2) is 0 Å². The highest BCUT2D eigenvalue weighted by Crippen LogP contribution is 2.19. The van der Waals surface area contributed by atoms with Crippen LogP contribution < -0.4 is 5.32 Å². The van der Waals surface area contributed by atoms with Gasteiger partial charge < -0.3 is 15.1 Å². The molecule has 17 heavy (non-hydrogen) atoms. The molecule has 2 aliphatic heterocycles. The lowest BCUT2D eigenvalue weighted by atomic mass is 9.99. The van der Waals surface area contributed by atoms with Gasteiger partial charge >= 0.3 is 0 Å². The fraction of sp³-hybridized carbons (Fsp3) is 1.00. The van der Waals surface area contributed by atoms with Crippen LogP contribution in [0.5, 0.6) is 0 Å². The number of rotatable bonds is 4. The van der Waals surface area contributed by atoms with Crippen LogP contribution in [0.1, 0.15) is 38.5 Å². The molecule has 0 aromatic carbocycles. The van der Waals surface area contributed by atoms with E-state index in [2.05, 4.69) is 29.2 Å². The van der Waals surface area contributed by atoms with Crippen molar-refractivity contribution < 1.29 is 0 Å². The molecule has 2 rings (SSSR count). The smallest absolute Gasteiger partial charge is 0.0116 e. The van der Waals surface area contributed by atoms with Crippen LogP contribution in [-0.2, 0) is 0 Å². The first-order valence-electron chi connectivity index (χ1n) is 7.38. The summed E-state index contributed by atoms with van der Waals surface area (Å²) in [7, 11) is 4.62. The SMILES string of the molecule is CN1CCCCC1CCN(C)C1CCNCC1. The third-order valence-corrected chi connectivity index (χ3v) is 4.67. The monoisotopic (exact) mass is 239 g/mol. The summed E-state index contributed by atoms with van der Waals surface area (Å²) >= 11 is 0. The first-order chi connectivity index (χ1) is 8.27. The minimum Gasteiger partial charge on any atom is -0.317 e. The molecule has 0 amide bonds. The summed E-state index contributed by atoms with van der Waals surface area (Å²) in [4.78, 5) is 5.17. The maximum Gasteiger partial charge on any atom is 0.0116 e. The van der Waals surface area contributed by atoms with Crippen LogP contribution in [0.2, 0.25) is 0 Å². The zero-order chi connectivity index (χ0) is 12.1. The van der Waals surface area contributed by atoms with E-state index in [-0.39, 0.29) is 0 Å². The van der Waals surface area contributed by atoms with Crippen molar-refractivity contribution in [3.8, 4) is 0 Å². The summed E-state index contributed by atoms with van der Waals surface area (Å²) in [6.07, 6.45) is 8.27.